The minimum atomic E-state index is -0.559. The molecule has 0 saturated carbocycles. The van der Waals surface area contributed by atoms with Gasteiger partial charge in [-0.25, -0.2) is 0 Å². The summed E-state index contributed by atoms with van der Waals surface area (Å²) >= 11 is 0. The van der Waals surface area contributed by atoms with Gasteiger partial charge in [0.15, 0.2) is 0 Å². The first-order chi connectivity index (χ1) is 7.77. The smallest absolute Gasteiger partial charge is 0.314 e. The molecule has 0 saturated heterocycles. The SMILES string of the molecule is O=c1c2ccc3ccccc3c2nnn1O. The van der Waals surface area contributed by atoms with Gasteiger partial charge in [-0.3, -0.25) is 4.79 Å². The number of benzene rings is 2. The van der Waals surface area contributed by atoms with Gasteiger partial charge in [0.25, 0.3) is 0 Å². The largest absolute Gasteiger partial charge is 0.407 e. The maximum atomic E-state index is 11.6. The Morgan fingerprint density at radius 2 is 1.88 bits per heavy atom. The van der Waals surface area contributed by atoms with E-state index in [0.717, 1.165) is 10.8 Å². The molecule has 1 aromatic heterocycles. The lowest BCUT2D eigenvalue weighted by Gasteiger charge is -2.01. The molecular formula is C11H7N3O2. The summed E-state index contributed by atoms with van der Waals surface area (Å²) in [6, 6.07) is 11.0. The Bertz CT molecular complexity index is 749. The lowest BCUT2D eigenvalue weighted by molar-refractivity contribution is 0.127. The molecule has 0 spiro atoms. The van der Waals surface area contributed by atoms with Crippen LogP contribution in [0, 0.1) is 0 Å². The third kappa shape index (κ3) is 1.08. The van der Waals surface area contributed by atoms with Gasteiger partial charge in [0, 0.05) is 5.39 Å². The Balaban J connectivity index is 2.63. The van der Waals surface area contributed by atoms with E-state index >= 15 is 0 Å². The zero-order chi connectivity index (χ0) is 11.1. The van der Waals surface area contributed by atoms with Crippen molar-refractivity contribution in [1.82, 2.24) is 15.2 Å². The Labute approximate surface area is 89.5 Å². The van der Waals surface area contributed by atoms with Crippen molar-refractivity contribution in [2.45, 2.75) is 0 Å². The summed E-state index contributed by atoms with van der Waals surface area (Å²) < 4.78 is 0. The van der Waals surface area contributed by atoms with E-state index in [4.69, 9.17) is 5.21 Å². The van der Waals surface area contributed by atoms with E-state index in [1.165, 1.54) is 0 Å². The van der Waals surface area contributed by atoms with Crippen molar-refractivity contribution in [2.24, 2.45) is 0 Å². The van der Waals surface area contributed by atoms with Crippen LogP contribution in [0.25, 0.3) is 21.7 Å². The van der Waals surface area contributed by atoms with E-state index in [1.807, 2.05) is 30.3 Å². The molecule has 0 radical (unpaired) electrons. The fraction of sp³-hybridized carbons (Fsp3) is 0. The molecule has 2 aromatic carbocycles. The summed E-state index contributed by atoms with van der Waals surface area (Å²) in [5.41, 5.74) is -0.0517. The second-order valence-electron chi connectivity index (χ2n) is 3.47. The average molecular weight is 213 g/mol. The number of hydrogen-bond donors (Lipinski definition) is 1. The summed E-state index contributed by atoms with van der Waals surface area (Å²) in [6.45, 7) is 0. The van der Waals surface area contributed by atoms with E-state index in [2.05, 4.69) is 10.3 Å². The van der Waals surface area contributed by atoms with Crippen LogP contribution in [0.4, 0.5) is 0 Å². The van der Waals surface area contributed by atoms with Gasteiger partial charge in [-0.2, -0.15) is 0 Å². The molecule has 0 amide bonds. The maximum absolute atomic E-state index is 11.6. The van der Waals surface area contributed by atoms with Crippen molar-refractivity contribution in [2.75, 3.05) is 0 Å². The second kappa shape index (κ2) is 3.03. The lowest BCUT2D eigenvalue weighted by atomic mass is 10.1. The summed E-state index contributed by atoms with van der Waals surface area (Å²) in [7, 11) is 0. The van der Waals surface area contributed by atoms with Crippen LogP contribution in [0.5, 0.6) is 0 Å². The molecule has 0 bridgehead atoms. The molecule has 5 heteroatoms. The maximum Gasteiger partial charge on any atom is 0.314 e. The highest BCUT2D eigenvalue weighted by Crippen LogP contribution is 2.20. The van der Waals surface area contributed by atoms with Crippen molar-refractivity contribution in [3.05, 3.63) is 46.8 Å². The highest BCUT2D eigenvalue weighted by molar-refractivity contribution is 6.04. The van der Waals surface area contributed by atoms with E-state index in [1.54, 1.807) is 6.07 Å². The third-order valence-electron chi connectivity index (χ3n) is 2.54. The summed E-state index contributed by atoms with van der Waals surface area (Å²) in [6.07, 6.45) is 0. The molecule has 0 fully saturated rings. The summed E-state index contributed by atoms with van der Waals surface area (Å²) in [5, 5.41) is 18.5. The number of rotatable bonds is 0. The molecule has 0 unspecified atom stereocenters. The van der Waals surface area contributed by atoms with Crippen LogP contribution in [-0.2, 0) is 0 Å². The van der Waals surface area contributed by atoms with Gasteiger partial charge in [0.1, 0.15) is 5.52 Å². The topological polar surface area (TPSA) is 68.0 Å². The Hall–Kier alpha value is -2.43. The van der Waals surface area contributed by atoms with Crippen LogP contribution in [-0.4, -0.2) is 20.4 Å². The van der Waals surface area contributed by atoms with Gasteiger partial charge in [-0.05, 0) is 21.5 Å². The van der Waals surface area contributed by atoms with Crippen LogP contribution in [0.2, 0.25) is 0 Å². The van der Waals surface area contributed by atoms with Gasteiger partial charge >= 0.3 is 5.56 Å². The first-order valence-electron chi connectivity index (χ1n) is 4.74. The van der Waals surface area contributed by atoms with Crippen molar-refractivity contribution in [3.63, 3.8) is 0 Å². The van der Waals surface area contributed by atoms with Crippen molar-refractivity contribution in [3.8, 4) is 0 Å². The van der Waals surface area contributed by atoms with Gasteiger partial charge in [-0.15, -0.1) is 5.10 Å². The minimum absolute atomic E-state index is 0.247. The van der Waals surface area contributed by atoms with Crippen molar-refractivity contribution < 1.29 is 5.21 Å². The van der Waals surface area contributed by atoms with Gasteiger partial charge in [-0.1, -0.05) is 30.3 Å². The van der Waals surface area contributed by atoms with Crippen molar-refractivity contribution in [1.29, 1.82) is 0 Å². The fourth-order valence-corrected chi connectivity index (χ4v) is 1.77. The number of aromatic nitrogens is 3. The number of nitrogens with zero attached hydrogens (tertiary/aromatic N) is 3. The quantitative estimate of drug-likeness (QED) is 0.449. The lowest BCUT2D eigenvalue weighted by Crippen LogP contribution is -2.21. The molecule has 5 nitrogen and oxygen atoms in total. The molecule has 3 aromatic rings. The molecule has 0 aliphatic carbocycles. The Morgan fingerprint density at radius 3 is 2.75 bits per heavy atom. The Morgan fingerprint density at radius 1 is 1.06 bits per heavy atom. The highest BCUT2D eigenvalue weighted by atomic mass is 16.5. The normalized spacial score (nSPS) is 11.0. The monoisotopic (exact) mass is 213 g/mol. The molecule has 1 N–H and O–H groups in total. The van der Waals surface area contributed by atoms with Crippen LogP contribution < -0.4 is 5.56 Å². The van der Waals surface area contributed by atoms with E-state index in [0.29, 0.717) is 10.9 Å². The van der Waals surface area contributed by atoms with Crippen LogP contribution in [0.1, 0.15) is 0 Å². The van der Waals surface area contributed by atoms with Gasteiger partial charge in [0.05, 0.1) is 5.39 Å². The van der Waals surface area contributed by atoms with E-state index in [9.17, 15) is 4.79 Å². The average Bonchev–Trinajstić information content (AvgIpc) is 2.33. The fourth-order valence-electron chi connectivity index (χ4n) is 1.77. The van der Waals surface area contributed by atoms with Gasteiger partial charge < -0.3 is 5.21 Å². The standard InChI is InChI=1S/C11H7N3O2/c15-11-9-6-5-7-3-1-2-4-8(7)10(9)12-13-14(11)16/h1-6,16H. The molecule has 16 heavy (non-hydrogen) atoms. The molecule has 3 rings (SSSR count). The van der Waals surface area contributed by atoms with Crippen LogP contribution >= 0.6 is 0 Å². The predicted molar refractivity (Wildman–Crippen MR) is 58.5 cm³/mol. The van der Waals surface area contributed by atoms with E-state index in [-0.39, 0.29) is 4.85 Å². The van der Waals surface area contributed by atoms with Gasteiger partial charge in [0.2, 0.25) is 0 Å². The first-order valence-corrected chi connectivity index (χ1v) is 4.74. The first kappa shape index (κ1) is 8.84. The zero-order valence-electron chi connectivity index (χ0n) is 8.16. The van der Waals surface area contributed by atoms with Crippen LogP contribution in [0.15, 0.2) is 41.2 Å². The summed E-state index contributed by atoms with van der Waals surface area (Å²) in [5.74, 6) is 0. The summed E-state index contributed by atoms with van der Waals surface area (Å²) in [4.78, 5) is 11.8. The minimum Gasteiger partial charge on any atom is -0.407 e. The number of fused-ring (bicyclic) bond motifs is 3. The molecule has 1 heterocycles. The van der Waals surface area contributed by atoms with Crippen LogP contribution in [0.3, 0.4) is 0 Å². The van der Waals surface area contributed by atoms with Crippen molar-refractivity contribution >= 4 is 21.7 Å². The second-order valence-corrected chi connectivity index (χ2v) is 3.47. The van der Waals surface area contributed by atoms with E-state index < -0.39 is 5.56 Å². The molecule has 0 atom stereocenters. The Kier molecular flexibility index (Phi) is 1.67. The molecule has 78 valence electrons. The predicted octanol–water partition coefficient (Wildman–Crippen LogP) is 1.18. The third-order valence-corrected chi connectivity index (χ3v) is 2.54. The number of hydrogen-bond acceptors (Lipinski definition) is 4. The highest BCUT2D eigenvalue weighted by Gasteiger charge is 2.07. The zero-order valence-corrected chi connectivity index (χ0v) is 8.16. The molecule has 0 aliphatic rings. The molecule has 0 aliphatic heterocycles. The molecular weight excluding hydrogens is 206 g/mol.